The van der Waals surface area contributed by atoms with E-state index < -0.39 is 5.54 Å². The fourth-order valence-corrected chi connectivity index (χ4v) is 4.72. The molecule has 2 heterocycles. The van der Waals surface area contributed by atoms with E-state index in [4.69, 9.17) is 0 Å². The van der Waals surface area contributed by atoms with Gasteiger partial charge in [0.15, 0.2) is 0 Å². The number of carbonyl (C=O) groups is 2. The first-order valence-electron chi connectivity index (χ1n) is 12.3. The number of halogens is 1. The van der Waals surface area contributed by atoms with Crippen molar-refractivity contribution in [2.75, 3.05) is 7.05 Å². The zero-order valence-corrected chi connectivity index (χ0v) is 20.6. The van der Waals surface area contributed by atoms with Gasteiger partial charge in [-0.3, -0.25) is 14.6 Å². The number of amides is 2. The fourth-order valence-electron chi connectivity index (χ4n) is 4.72. The molecule has 7 nitrogen and oxygen atoms in total. The van der Waals surface area contributed by atoms with Crippen molar-refractivity contribution in [1.82, 2.24) is 25.4 Å². The molecule has 0 spiro atoms. The molecular weight excluding hydrogens is 481 g/mol. The number of fused-ring (bicyclic) bond motifs is 1. The van der Waals surface area contributed by atoms with Crippen LogP contribution in [-0.4, -0.2) is 33.6 Å². The van der Waals surface area contributed by atoms with Crippen molar-refractivity contribution in [3.63, 3.8) is 0 Å². The van der Waals surface area contributed by atoms with Crippen LogP contribution in [0, 0.1) is 5.82 Å². The van der Waals surface area contributed by atoms with E-state index in [-0.39, 0.29) is 17.6 Å². The average Bonchev–Trinajstić information content (AvgIpc) is 3.64. The van der Waals surface area contributed by atoms with Gasteiger partial charge in [0, 0.05) is 24.2 Å². The highest BCUT2D eigenvalue weighted by Gasteiger charge is 2.47. The lowest BCUT2D eigenvalue weighted by Gasteiger charge is -2.17. The third kappa shape index (κ3) is 4.20. The summed E-state index contributed by atoms with van der Waals surface area (Å²) < 4.78 is 15.0. The lowest BCUT2D eigenvalue weighted by atomic mass is 10.00. The van der Waals surface area contributed by atoms with Crippen LogP contribution in [-0.2, 0) is 5.54 Å². The number of hydrogen-bond donors (Lipinski definition) is 2. The minimum atomic E-state index is -0.412. The molecule has 2 amide bonds. The van der Waals surface area contributed by atoms with Crippen molar-refractivity contribution >= 4 is 22.7 Å². The van der Waals surface area contributed by atoms with Crippen molar-refractivity contribution in [2.24, 2.45) is 0 Å². The van der Waals surface area contributed by atoms with E-state index in [1.165, 1.54) is 16.8 Å². The summed E-state index contributed by atoms with van der Waals surface area (Å²) in [5.41, 5.74) is 4.20. The van der Waals surface area contributed by atoms with Gasteiger partial charge in [-0.15, -0.1) is 0 Å². The molecule has 1 aliphatic rings. The monoisotopic (exact) mass is 505 g/mol. The molecular formula is C30H24FN5O2. The average molecular weight is 506 g/mol. The summed E-state index contributed by atoms with van der Waals surface area (Å²) in [7, 11) is 1.56. The summed E-state index contributed by atoms with van der Waals surface area (Å²) in [5, 5.41) is 11.1. The first-order valence-corrected chi connectivity index (χ1v) is 12.3. The molecule has 8 heteroatoms. The van der Waals surface area contributed by atoms with Crippen LogP contribution >= 0.6 is 0 Å². The second kappa shape index (κ2) is 9.23. The Kier molecular flexibility index (Phi) is 5.72. The lowest BCUT2D eigenvalue weighted by molar-refractivity contribution is 0.0927. The van der Waals surface area contributed by atoms with Crippen molar-refractivity contribution in [2.45, 2.75) is 18.4 Å². The standard InChI is InChI=1S/C30H24FN5O2/c1-32-29(38)27-24-18-20(8-13-25(24)35-36(27)23-11-9-22(31)10-12-23)19-5-4-6-21(17-19)28(37)34-30(14-15-30)26-7-2-3-16-33-26/h2-13,16-18H,14-15H2,1H3,(H,32,38)(H,34,37). The van der Waals surface area contributed by atoms with Gasteiger partial charge in [-0.2, -0.15) is 5.10 Å². The number of nitrogens with zero attached hydrogens (tertiary/aromatic N) is 3. The maximum atomic E-state index is 13.5. The van der Waals surface area contributed by atoms with E-state index in [2.05, 4.69) is 20.7 Å². The Balaban J connectivity index is 1.35. The topological polar surface area (TPSA) is 88.9 Å². The largest absolute Gasteiger partial charge is 0.354 e. The van der Waals surface area contributed by atoms with Crippen LogP contribution in [0.2, 0.25) is 0 Å². The van der Waals surface area contributed by atoms with Gasteiger partial charge in [0.25, 0.3) is 11.8 Å². The number of hydrogen-bond acceptors (Lipinski definition) is 4. The zero-order chi connectivity index (χ0) is 26.3. The van der Waals surface area contributed by atoms with Gasteiger partial charge in [0.1, 0.15) is 11.5 Å². The molecule has 3 aromatic carbocycles. The predicted molar refractivity (Wildman–Crippen MR) is 142 cm³/mol. The Bertz CT molecular complexity index is 1670. The summed E-state index contributed by atoms with van der Waals surface area (Å²) in [6.07, 6.45) is 3.45. The van der Waals surface area contributed by atoms with Crippen LogP contribution in [0.15, 0.2) is 91.1 Å². The molecule has 188 valence electrons. The minimum absolute atomic E-state index is 0.161. The Morgan fingerprint density at radius 2 is 1.68 bits per heavy atom. The third-order valence-corrected chi connectivity index (χ3v) is 6.90. The molecule has 1 saturated carbocycles. The predicted octanol–water partition coefficient (Wildman–Crippen LogP) is 5.01. The van der Waals surface area contributed by atoms with Gasteiger partial charge in [0.2, 0.25) is 0 Å². The zero-order valence-electron chi connectivity index (χ0n) is 20.6. The molecule has 6 rings (SSSR count). The highest BCUT2D eigenvalue weighted by atomic mass is 19.1. The molecule has 2 N–H and O–H groups in total. The molecule has 0 unspecified atom stereocenters. The molecule has 5 aromatic rings. The molecule has 0 radical (unpaired) electrons. The maximum absolute atomic E-state index is 13.5. The fraction of sp³-hybridized carbons (Fsp3) is 0.133. The molecule has 0 bridgehead atoms. The van der Waals surface area contributed by atoms with Crippen molar-refractivity contribution in [1.29, 1.82) is 0 Å². The van der Waals surface area contributed by atoms with Crippen molar-refractivity contribution in [3.8, 4) is 16.8 Å². The second-order valence-electron chi connectivity index (χ2n) is 9.38. The molecule has 1 fully saturated rings. The number of aromatic nitrogens is 3. The molecule has 0 atom stereocenters. The molecule has 38 heavy (non-hydrogen) atoms. The van der Waals surface area contributed by atoms with E-state index >= 15 is 0 Å². The van der Waals surface area contributed by atoms with Gasteiger partial charge in [-0.25, -0.2) is 9.07 Å². The van der Waals surface area contributed by atoms with E-state index in [1.54, 1.807) is 31.4 Å². The Hall–Kier alpha value is -4.85. The Labute approximate surface area is 218 Å². The smallest absolute Gasteiger partial charge is 0.270 e. The van der Waals surface area contributed by atoms with Crippen LogP contribution in [0.4, 0.5) is 4.39 Å². The van der Waals surface area contributed by atoms with E-state index in [0.29, 0.717) is 27.8 Å². The van der Waals surface area contributed by atoms with Gasteiger partial charge in [0.05, 0.1) is 22.4 Å². The highest BCUT2D eigenvalue weighted by molar-refractivity contribution is 6.06. The van der Waals surface area contributed by atoms with Gasteiger partial charge < -0.3 is 10.6 Å². The summed E-state index contributed by atoms with van der Waals surface area (Å²) in [5.74, 6) is -0.844. The minimum Gasteiger partial charge on any atom is -0.354 e. The SMILES string of the molecule is CNC(=O)c1c2cc(-c3cccc(C(=O)NC4(c5ccccn5)CC4)c3)ccc2nn1-c1ccc(F)cc1. The van der Waals surface area contributed by atoms with Gasteiger partial charge >= 0.3 is 0 Å². The van der Waals surface area contributed by atoms with Crippen molar-refractivity contribution < 1.29 is 14.0 Å². The molecule has 0 saturated heterocycles. The van der Waals surface area contributed by atoms with Crippen LogP contribution in [0.3, 0.4) is 0 Å². The maximum Gasteiger partial charge on any atom is 0.270 e. The van der Waals surface area contributed by atoms with Crippen LogP contribution < -0.4 is 10.6 Å². The van der Waals surface area contributed by atoms with E-state index in [1.807, 2.05) is 54.6 Å². The quantitative estimate of drug-likeness (QED) is 0.340. The molecule has 2 aromatic heterocycles. The number of carbonyl (C=O) groups excluding carboxylic acids is 2. The van der Waals surface area contributed by atoms with Gasteiger partial charge in [-0.1, -0.05) is 24.3 Å². The van der Waals surface area contributed by atoms with Crippen LogP contribution in [0.1, 0.15) is 39.4 Å². The Morgan fingerprint density at radius 1 is 0.895 bits per heavy atom. The second-order valence-corrected chi connectivity index (χ2v) is 9.38. The highest BCUT2D eigenvalue weighted by Crippen LogP contribution is 2.44. The van der Waals surface area contributed by atoms with E-state index in [9.17, 15) is 14.0 Å². The molecule has 0 aliphatic heterocycles. The summed E-state index contributed by atoms with van der Waals surface area (Å²) in [4.78, 5) is 30.5. The van der Waals surface area contributed by atoms with Gasteiger partial charge in [-0.05, 0) is 84.6 Å². The van der Waals surface area contributed by atoms with Crippen LogP contribution in [0.25, 0.3) is 27.7 Å². The molecule has 1 aliphatic carbocycles. The number of pyridine rings is 1. The first-order chi connectivity index (χ1) is 18.5. The van der Waals surface area contributed by atoms with Crippen molar-refractivity contribution in [3.05, 3.63) is 114 Å². The third-order valence-electron chi connectivity index (χ3n) is 6.90. The first kappa shape index (κ1) is 23.5. The number of benzene rings is 3. The summed E-state index contributed by atoms with van der Waals surface area (Å²) >= 11 is 0. The number of rotatable bonds is 6. The van der Waals surface area contributed by atoms with Crippen LogP contribution in [0.5, 0.6) is 0 Å². The van der Waals surface area contributed by atoms with E-state index in [0.717, 1.165) is 29.7 Å². The summed E-state index contributed by atoms with van der Waals surface area (Å²) in [6.45, 7) is 0. The normalized spacial score (nSPS) is 13.7. The lowest BCUT2D eigenvalue weighted by Crippen LogP contribution is -2.35. The summed E-state index contributed by atoms with van der Waals surface area (Å²) in [6, 6.07) is 24.6. The Morgan fingerprint density at radius 3 is 2.39 bits per heavy atom. The number of nitrogens with one attached hydrogen (secondary N) is 2.